The van der Waals surface area contributed by atoms with Gasteiger partial charge in [-0.1, -0.05) is 0 Å². The summed E-state index contributed by atoms with van der Waals surface area (Å²) in [7, 11) is 0. The van der Waals surface area contributed by atoms with Gasteiger partial charge in [0.25, 0.3) is 0 Å². The topological polar surface area (TPSA) is 9.23 Å². The van der Waals surface area contributed by atoms with Crippen molar-refractivity contribution in [3.63, 3.8) is 0 Å². The number of halogens is 2. The second-order valence-electron chi connectivity index (χ2n) is 6.46. The maximum atomic E-state index is 5.96. The quantitative estimate of drug-likeness (QED) is 0.248. The van der Waals surface area contributed by atoms with Crippen molar-refractivity contribution in [3.8, 4) is 5.75 Å². The first-order valence-corrected chi connectivity index (χ1v) is 13.9. The molecule has 4 aromatic rings. The summed E-state index contributed by atoms with van der Waals surface area (Å²) in [4.78, 5) is 0. The monoisotopic (exact) mass is 604 g/mol. The van der Waals surface area contributed by atoms with Gasteiger partial charge < -0.3 is 0 Å². The van der Waals surface area contributed by atoms with E-state index in [4.69, 9.17) is 4.74 Å². The third kappa shape index (κ3) is 6.57. The molecule has 0 aliphatic rings. The van der Waals surface area contributed by atoms with Gasteiger partial charge >= 0.3 is 195 Å². The van der Waals surface area contributed by atoms with Crippen molar-refractivity contribution in [1.29, 1.82) is 0 Å². The molecule has 3 heteroatoms. The SMILES string of the molecule is c1ccc([I-]c2ccc(CCOc3ccc([I-]c4ccccc4)cc3)cc2)cc1. The second kappa shape index (κ2) is 10.8. The van der Waals surface area contributed by atoms with Gasteiger partial charge in [0.2, 0.25) is 0 Å². The van der Waals surface area contributed by atoms with Gasteiger partial charge in [-0.25, -0.2) is 0 Å². The van der Waals surface area contributed by atoms with E-state index >= 15 is 0 Å². The number of rotatable bonds is 8. The molecule has 0 fully saturated rings. The fraction of sp³-hybridized carbons (Fsp3) is 0.0769. The van der Waals surface area contributed by atoms with Crippen LogP contribution in [0.15, 0.2) is 109 Å². The Balaban J connectivity index is 1.24. The molecule has 4 aromatic carbocycles. The Morgan fingerprint density at radius 1 is 0.483 bits per heavy atom. The average molecular weight is 604 g/mol. The molecule has 0 aliphatic heterocycles. The van der Waals surface area contributed by atoms with Crippen molar-refractivity contribution in [1.82, 2.24) is 0 Å². The Labute approximate surface area is 193 Å². The molecule has 0 bridgehead atoms. The molecule has 0 spiro atoms. The van der Waals surface area contributed by atoms with Gasteiger partial charge in [0.05, 0.1) is 0 Å². The average Bonchev–Trinajstić information content (AvgIpc) is 2.78. The van der Waals surface area contributed by atoms with Gasteiger partial charge in [0, 0.05) is 0 Å². The molecule has 0 unspecified atom stereocenters. The summed E-state index contributed by atoms with van der Waals surface area (Å²) in [6.07, 6.45) is 0.933. The van der Waals surface area contributed by atoms with Crippen LogP contribution in [-0.4, -0.2) is 6.61 Å². The minimum atomic E-state index is -0.110. The molecule has 148 valence electrons. The zero-order valence-electron chi connectivity index (χ0n) is 16.0. The summed E-state index contributed by atoms with van der Waals surface area (Å²) >= 11 is -0.195. The fourth-order valence-corrected chi connectivity index (χ4v) is 7.23. The van der Waals surface area contributed by atoms with Gasteiger partial charge in [0.15, 0.2) is 0 Å². The van der Waals surface area contributed by atoms with Crippen LogP contribution >= 0.6 is 0 Å². The Kier molecular flexibility index (Phi) is 7.59. The summed E-state index contributed by atoms with van der Waals surface area (Å²) in [6, 6.07) is 39.2. The molecular formula is C26H22I2O-2. The van der Waals surface area contributed by atoms with E-state index in [2.05, 4.69) is 109 Å². The van der Waals surface area contributed by atoms with Crippen LogP contribution in [0.4, 0.5) is 0 Å². The van der Waals surface area contributed by atoms with Crippen molar-refractivity contribution in [3.05, 3.63) is 129 Å². The van der Waals surface area contributed by atoms with Crippen molar-refractivity contribution in [2.45, 2.75) is 6.42 Å². The number of hydrogen-bond acceptors (Lipinski definition) is 1. The van der Waals surface area contributed by atoms with Gasteiger partial charge in [-0.15, -0.1) is 0 Å². The molecule has 0 saturated heterocycles. The molecule has 29 heavy (non-hydrogen) atoms. The first kappa shape index (κ1) is 20.4. The van der Waals surface area contributed by atoms with Crippen LogP contribution in [0.5, 0.6) is 5.75 Å². The predicted molar refractivity (Wildman–Crippen MR) is 110 cm³/mol. The zero-order chi connectivity index (χ0) is 19.7. The number of benzene rings is 4. The van der Waals surface area contributed by atoms with E-state index in [0.717, 1.165) is 12.2 Å². The van der Waals surface area contributed by atoms with Crippen LogP contribution in [0.25, 0.3) is 0 Å². The summed E-state index contributed by atoms with van der Waals surface area (Å²) in [6.45, 7) is 0.708. The number of hydrogen-bond donors (Lipinski definition) is 0. The van der Waals surface area contributed by atoms with E-state index in [1.54, 1.807) is 0 Å². The Morgan fingerprint density at radius 2 is 0.931 bits per heavy atom. The van der Waals surface area contributed by atoms with E-state index in [9.17, 15) is 0 Å². The minimum absolute atomic E-state index is 0.0854. The molecule has 0 N–H and O–H groups in total. The molecule has 1 nitrogen and oxygen atoms in total. The third-order valence-corrected chi connectivity index (χ3v) is 9.66. The standard InChI is InChI=1S/C26H22I2O/c1-3-7-22(8-4-1)27-24-13-11-21(12-14-24)19-20-29-26-17-15-25(16-18-26)28-23-9-5-2-6-10-23/h1-18H,19-20H2/q-2. The van der Waals surface area contributed by atoms with Gasteiger partial charge in [-0.3, -0.25) is 0 Å². The van der Waals surface area contributed by atoms with Crippen LogP contribution in [0.1, 0.15) is 5.56 Å². The van der Waals surface area contributed by atoms with E-state index in [1.807, 2.05) is 0 Å². The van der Waals surface area contributed by atoms with Gasteiger partial charge in [-0.2, -0.15) is 0 Å². The van der Waals surface area contributed by atoms with Crippen molar-refractivity contribution in [2.75, 3.05) is 6.61 Å². The molecule has 0 radical (unpaired) electrons. The van der Waals surface area contributed by atoms with Crippen LogP contribution in [-0.2, 0) is 6.42 Å². The molecule has 0 atom stereocenters. The van der Waals surface area contributed by atoms with Crippen LogP contribution < -0.4 is 47.1 Å². The van der Waals surface area contributed by atoms with Crippen molar-refractivity contribution in [2.24, 2.45) is 0 Å². The summed E-state index contributed by atoms with van der Waals surface area (Å²) in [5.74, 6) is 0.956. The van der Waals surface area contributed by atoms with Crippen LogP contribution in [0.2, 0.25) is 0 Å². The summed E-state index contributed by atoms with van der Waals surface area (Å²) in [5.41, 5.74) is 1.33. The first-order valence-electron chi connectivity index (χ1n) is 9.57. The summed E-state index contributed by atoms with van der Waals surface area (Å²) in [5, 5.41) is 0. The van der Waals surface area contributed by atoms with Crippen LogP contribution in [0.3, 0.4) is 0 Å². The van der Waals surface area contributed by atoms with Gasteiger partial charge in [0.1, 0.15) is 0 Å². The molecule has 0 aromatic heterocycles. The maximum absolute atomic E-state index is 5.96. The predicted octanol–water partition coefficient (Wildman–Crippen LogP) is -0.435. The van der Waals surface area contributed by atoms with Crippen molar-refractivity contribution >= 4 is 0 Å². The molecule has 4 rings (SSSR count). The van der Waals surface area contributed by atoms with E-state index < -0.39 is 0 Å². The normalized spacial score (nSPS) is 10.9. The molecular weight excluding hydrogens is 582 g/mol. The van der Waals surface area contributed by atoms with Crippen LogP contribution in [0, 0.1) is 14.3 Å². The Morgan fingerprint density at radius 3 is 1.45 bits per heavy atom. The fourth-order valence-electron chi connectivity index (χ4n) is 2.80. The van der Waals surface area contributed by atoms with Crippen molar-refractivity contribution < 1.29 is 47.1 Å². The van der Waals surface area contributed by atoms with E-state index in [-0.39, 0.29) is 42.4 Å². The molecule has 0 heterocycles. The zero-order valence-corrected chi connectivity index (χ0v) is 20.3. The summed E-state index contributed by atoms with van der Waals surface area (Å²) < 4.78 is 11.7. The molecule has 0 aliphatic carbocycles. The molecule has 0 amide bonds. The Bertz CT molecular complexity index is 913. The Hall–Kier alpha value is -1.86. The van der Waals surface area contributed by atoms with E-state index in [1.165, 1.54) is 19.8 Å². The second-order valence-corrected chi connectivity index (χ2v) is 12.5. The first-order chi connectivity index (χ1) is 14.3. The number of ether oxygens (including phenoxy) is 1. The van der Waals surface area contributed by atoms with Gasteiger partial charge in [-0.05, 0) is 0 Å². The molecule has 0 saturated carbocycles. The third-order valence-electron chi connectivity index (χ3n) is 4.29. The van der Waals surface area contributed by atoms with E-state index in [0.29, 0.717) is 6.61 Å².